The molecule has 1 aliphatic rings. The molecule has 0 bridgehead atoms. The van der Waals surface area contributed by atoms with Gasteiger partial charge in [-0.25, -0.2) is 0 Å². The summed E-state index contributed by atoms with van der Waals surface area (Å²) in [4.78, 5) is 0. The Labute approximate surface area is 85.7 Å². The highest BCUT2D eigenvalue weighted by molar-refractivity contribution is 5.71. The lowest BCUT2D eigenvalue weighted by Crippen LogP contribution is -2.21. The van der Waals surface area contributed by atoms with Gasteiger partial charge in [0.1, 0.15) is 0 Å². The molecule has 0 fully saturated rings. The average Bonchev–Trinajstić information content (AvgIpc) is 2.16. The first-order chi connectivity index (χ1) is 6.57. The smallest absolute Gasteiger partial charge is 0.0579 e. The summed E-state index contributed by atoms with van der Waals surface area (Å²) in [7, 11) is 0. The van der Waals surface area contributed by atoms with Crippen LogP contribution in [0.2, 0.25) is 0 Å². The van der Waals surface area contributed by atoms with E-state index in [9.17, 15) is 0 Å². The Bertz CT molecular complexity index is 337. The average molecular weight is 190 g/mol. The predicted molar refractivity (Wildman–Crippen MR) is 62.1 cm³/mol. The van der Waals surface area contributed by atoms with Crippen LogP contribution in [-0.2, 0) is 5.41 Å². The quantitative estimate of drug-likeness (QED) is 0.657. The van der Waals surface area contributed by atoms with E-state index in [1.165, 1.54) is 16.9 Å². The third-order valence-corrected chi connectivity index (χ3v) is 2.64. The third-order valence-electron chi connectivity index (χ3n) is 2.64. The van der Waals surface area contributed by atoms with Crippen molar-refractivity contribution in [2.75, 3.05) is 23.7 Å². The van der Waals surface area contributed by atoms with Crippen LogP contribution < -0.4 is 10.6 Å². The number of benzene rings is 1. The number of fused-ring (bicyclic) bond motifs is 1. The van der Waals surface area contributed by atoms with Crippen LogP contribution in [0.5, 0.6) is 0 Å². The number of hydrogen-bond donors (Lipinski definition) is 2. The molecule has 0 saturated heterocycles. The van der Waals surface area contributed by atoms with Crippen LogP contribution in [0, 0.1) is 0 Å². The molecular formula is C12H18N2. The molecule has 76 valence electrons. The fourth-order valence-electron chi connectivity index (χ4n) is 1.71. The van der Waals surface area contributed by atoms with Gasteiger partial charge in [0.15, 0.2) is 0 Å². The summed E-state index contributed by atoms with van der Waals surface area (Å²) < 4.78 is 0. The summed E-state index contributed by atoms with van der Waals surface area (Å²) in [6, 6.07) is 6.63. The first kappa shape index (κ1) is 9.38. The SMILES string of the molecule is CC(C)(C)c1ccc2c(c1)NCCN2. The molecule has 2 rings (SSSR count). The molecule has 0 amide bonds. The van der Waals surface area contributed by atoms with Crippen LogP contribution in [0.1, 0.15) is 26.3 Å². The summed E-state index contributed by atoms with van der Waals surface area (Å²) in [6.45, 7) is 8.75. The summed E-state index contributed by atoms with van der Waals surface area (Å²) in [5.74, 6) is 0. The van der Waals surface area contributed by atoms with Gasteiger partial charge in [0.25, 0.3) is 0 Å². The molecule has 2 nitrogen and oxygen atoms in total. The molecule has 1 aromatic rings. The van der Waals surface area contributed by atoms with Crippen molar-refractivity contribution < 1.29 is 0 Å². The zero-order chi connectivity index (χ0) is 10.2. The Morgan fingerprint density at radius 2 is 1.64 bits per heavy atom. The Balaban J connectivity index is 2.39. The van der Waals surface area contributed by atoms with Crippen LogP contribution >= 0.6 is 0 Å². The lowest BCUT2D eigenvalue weighted by atomic mass is 9.86. The minimum absolute atomic E-state index is 0.230. The molecule has 0 spiro atoms. The lowest BCUT2D eigenvalue weighted by Gasteiger charge is -2.25. The Kier molecular flexibility index (Phi) is 2.14. The summed E-state index contributed by atoms with van der Waals surface area (Å²) in [5.41, 5.74) is 4.08. The van der Waals surface area contributed by atoms with Crippen LogP contribution in [0.25, 0.3) is 0 Å². The predicted octanol–water partition coefficient (Wildman–Crippen LogP) is 2.82. The molecule has 14 heavy (non-hydrogen) atoms. The highest BCUT2D eigenvalue weighted by atomic mass is 15.0. The number of rotatable bonds is 0. The van der Waals surface area contributed by atoms with Gasteiger partial charge in [-0.3, -0.25) is 0 Å². The van der Waals surface area contributed by atoms with E-state index in [0.717, 1.165) is 13.1 Å². The van der Waals surface area contributed by atoms with Gasteiger partial charge in [0, 0.05) is 13.1 Å². The molecule has 2 N–H and O–H groups in total. The molecule has 0 atom stereocenters. The molecular weight excluding hydrogens is 172 g/mol. The number of anilines is 2. The zero-order valence-corrected chi connectivity index (χ0v) is 9.15. The van der Waals surface area contributed by atoms with Gasteiger partial charge >= 0.3 is 0 Å². The van der Waals surface area contributed by atoms with E-state index in [1.54, 1.807) is 0 Å². The summed E-state index contributed by atoms with van der Waals surface area (Å²) in [5, 5.41) is 6.79. The standard InChI is InChI=1S/C12H18N2/c1-12(2,3)9-4-5-10-11(8-9)14-7-6-13-10/h4-5,8,13-14H,6-7H2,1-3H3. The van der Waals surface area contributed by atoms with Crippen molar-refractivity contribution in [3.63, 3.8) is 0 Å². The molecule has 0 radical (unpaired) electrons. The van der Waals surface area contributed by atoms with E-state index >= 15 is 0 Å². The summed E-state index contributed by atoms with van der Waals surface area (Å²) in [6.07, 6.45) is 0. The van der Waals surface area contributed by atoms with Gasteiger partial charge < -0.3 is 10.6 Å². The van der Waals surface area contributed by atoms with Crippen LogP contribution in [0.3, 0.4) is 0 Å². The van der Waals surface area contributed by atoms with Gasteiger partial charge in [0.2, 0.25) is 0 Å². The zero-order valence-electron chi connectivity index (χ0n) is 9.15. The number of hydrogen-bond acceptors (Lipinski definition) is 2. The maximum atomic E-state index is 3.41. The third kappa shape index (κ3) is 1.69. The second kappa shape index (κ2) is 3.19. The first-order valence-electron chi connectivity index (χ1n) is 5.20. The Morgan fingerprint density at radius 3 is 2.29 bits per heavy atom. The molecule has 1 heterocycles. The van der Waals surface area contributed by atoms with Crippen molar-refractivity contribution in [3.8, 4) is 0 Å². The maximum absolute atomic E-state index is 3.41. The Morgan fingerprint density at radius 1 is 1.00 bits per heavy atom. The minimum atomic E-state index is 0.230. The molecule has 0 aliphatic carbocycles. The van der Waals surface area contributed by atoms with Crippen LogP contribution in [0.15, 0.2) is 18.2 Å². The van der Waals surface area contributed by atoms with Crippen molar-refractivity contribution in [2.45, 2.75) is 26.2 Å². The molecule has 0 aromatic heterocycles. The van der Waals surface area contributed by atoms with E-state index in [0.29, 0.717) is 0 Å². The summed E-state index contributed by atoms with van der Waals surface area (Å²) >= 11 is 0. The van der Waals surface area contributed by atoms with Crippen molar-refractivity contribution in [1.82, 2.24) is 0 Å². The van der Waals surface area contributed by atoms with Crippen LogP contribution in [0.4, 0.5) is 11.4 Å². The largest absolute Gasteiger partial charge is 0.382 e. The first-order valence-corrected chi connectivity index (χ1v) is 5.20. The van der Waals surface area contributed by atoms with Crippen molar-refractivity contribution in [3.05, 3.63) is 23.8 Å². The second-order valence-corrected chi connectivity index (χ2v) is 4.86. The highest BCUT2D eigenvalue weighted by Gasteiger charge is 2.16. The minimum Gasteiger partial charge on any atom is -0.382 e. The van der Waals surface area contributed by atoms with E-state index in [1.807, 2.05) is 0 Å². The molecule has 1 aliphatic heterocycles. The van der Waals surface area contributed by atoms with E-state index < -0.39 is 0 Å². The topological polar surface area (TPSA) is 24.1 Å². The van der Waals surface area contributed by atoms with Gasteiger partial charge in [-0.2, -0.15) is 0 Å². The molecule has 0 saturated carbocycles. The van der Waals surface area contributed by atoms with Gasteiger partial charge in [-0.05, 0) is 23.1 Å². The van der Waals surface area contributed by atoms with Crippen molar-refractivity contribution >= 4 is 11.4 Å². The maximum Gasteiger partial charge on any atom is 0.0579 e. The molecule has 1 aromatic carbocycles. The second-order valence-electron chi connectivity index (χ2n) is 4.86. The molecule has 2 heteroatoms. The monoisotopic (exact) mass is 190 g/mol. The van der Waals surface area contributed by atoms with Gasteiger partial charge in [0.05, 0.1) is 11.4 Å². The highest BCUT2D eigenvalue weighted by Crippen LogP contribution is 2.30. The normalized spacial score (nSPS) is 15.4. The molecule has 0 unspecified atom stereocenters. The van der Waals surface area contributed by atoms with Crippen molar-refractivity contribution in [1.29, 1.82) is 0 Å². The van der Waals surface area contributed by atoms with E-state index in [-0.39, 0.29) is 5.41 Å². The Hall–Kier alpha value is -1.18. The van der Waals surface area contributed by atoms with E-state index in [4.69, 9.17) is 0 Å². The fourth-order valence-corrected chi connectivity index (χ4v) is 1.71. The van der Waals surface area contributed by atoms with Gasteiger partial charge in [-0.1, -0.05) is 26.8 Å². The van der Waals surface area contributed by atoms with E-state index in [2.05, 4.69) is 49.6 Å². The van der Waals surface area contributed by atoms with Gasteiger partial charge in [-0.15, -0.1) is 0 Å². The van der Waals surface area contributed by atoms with Crippen LogP contribution in [-0.4, -0.2) is 13.1 Å². The fraction of sp³-hybridized carbons (Fsp3) is 0.500. The number of nitrogens with one attached hydrogen (secondary N) is 2. The van der Waals surface area contributed by atoms with Crippen molar-refractivity contribution in [2.24, 2.45) is 0 Å². The lowest BCUT2D eigenvalue weighted by molar-refractivity contribution is 0.590.